The van der Waals surface area contributed by atoms with Gasteiger partial charge in [0.15, 0.2) is 5.82 Å². The van der Waals surface area contributed by atoms with Crippen LogP contribution in [0, 0.1) is 24.7 Å². The molecule has 1 unspecified atom stereocenters. The maximum atomic E-state index is 6.52. The van der Waals surface area contributed by atoms with Crippen molar-refractivity contribution in [3.05, 3.63) is 45.6 Å². The van der Waals surface area contributed by atoms with Gasteiger partial charge in [0, 0.05) is 43.6 Å². The number of rotatable bonds is 6. The van der Waals surface area contributed by atoms with Crippen LogP contribution < -0.4 is 10.2 Å². The van der Waals surface area contributed by atoms with E-state index in [-0.39, 0.29) is 0 Å². The Balaban J connectivity index is 0.00000133. The van der Waals surface area contributed by atoms with Crippen molar-refractivity contribution in [2.24, 2.45) is 17.8 Å². The van der Waals surface area contributed by atoms with Gasteiger partial charge in [-0.05, 0) is 74.6 Å². The Morgan fingerprint density at radius 2 is 1.71 bits per heavy atom. The van der Waals surface area contributed by atoms with Crippen LogP contribution in [0.2, 0.25) is 10.0 Å². The lowest BCUT2D eigenvalue weighted by Gasteiger charge is -2.50. The number of nitrogens with one attached hydrogen (secondary N) is 1. The van der Waals surface area contributed by atoms with E-state index in [0.717, 1.165) is 59.1 Å². The Kier molecular flexibility index (Phi) is 8.84. The normalized spacial score (nSPS) is 25.1. The van der Waals surface area contributed by atoms with Crippen LogP contribution in [-0.4, -0.2) is 53.5 Å². The first-order chi connectivity index (χ1) is 16.5. The van der Waals surface area contributed by atoms with Crippen molar-refractivity contribution in [2.45, 2.75) is 52.1 Å². The fourth-order valence-corrected chi connectivity index (χ4v) is 5.76. The maximum absolute atomic E-state index is 6.52. The molecule has 8 heteroatoms. The predicted octanol–water partition coefficient (Wildman–Crippen LogP) is 6.51. The summed E-state index contributed by atoms with van der Waals surface area (Å²) in [6.07, 6.45) is 6.98. The highest BCUT2D eigenvalue weighted by Crippen LogP contribution is 2.38. The molecule has 5 nitrogen and oxygen atoms in total. The number of hydrogen-bond acceptors (Lipinski definition) is 5. The molecule has 5 rings (SSSR count). The first-order valence-electron chi connectivity index (χ1n) is 12.4. The van der Waals surface area contributed by atoms with E-state index < -0.39 is 0 Å². The molecule has 2 aliphatic heterocycles. The molecule has 0 spiro atoms. The molecule has 1 aromatic carbocycles. The molecule has 2 saturated heterocycles. The zero-order chi connectivity index (χ0) is 24.2. The Hall–Kier alpha value is -1.27. The summed E-state index contributed by atoms with van der Waals surface area (Å²) in [4.78, 5) is 14.6. The third kappa shape index (κ3) is 5.92. The van der Waals surface area contributed by atoms with Crippen LogP contribution in [0.1, 0.15) is 43.9 Å². The minimum absolute atomic E-state index is 0.595. The standard InChI is InChI=1S/C25H33Cl2N5.CH3Cl/c1-16-10-22(11-16)31-9-3-4-19(13-31)20-14-32(15-20)25-29-17(2)23(27)24(30-25)28-12-18-5-7-21(26)8-6-18;1-2/h5-8,16,19-20,22H,3-4,9-15H2,1-2H3,(H,28,29,30);1H3. The van der Waals surface area contributed by atoms with E-state index in [1.807, 2.05) is 31.2 Å². The molecule has 3 heterocycles. The number of likely N-dealkylation sites (tertiary alicyclic amines) is 1. The molecule has 3 fully saturated rings. The Bertz CT molecular complexity index is 942. The molecule has 1 saturated carbocycles. The van der Waals surface area contributed by atoms with Crippen LogP contribution in [-0.2, 0) is 6.54 Å². The smallest absolute Gasteiger partial charge is 0.227 e. The number of benzene rings is 1. The summed E-state index contributed by atoms with van der Waals surface area (Å²) in [5, 5.41) is 4.72. The lowest BCUT2D eigenvalue weighted by molar-refractivity contribution is 0.0294. The lowest BCUT2D eigenvalue weighted by atomic mass is 9.76. The summed E-state index contributed by atoms with van der Waals surface area (Å²) >= 11 is 17.1. The molecule has 0 bridgehead atoms. The fourth-order valence-electron chi connectivity index (χ4n) is 5.48. The average molecular weight is 525 g/mol. The van der Waals surface area contributed by atoms with E-state index >= 15 is 0 Å². The summed E-state index contributed by atoms with van der Waals surface area (Å²) in [6, 6.07) is 8.66. The highest BCUT2D eigenvalue weighted by atomic mass is 35.5. The number of piperidine rings is 1. The van der Waals surface area contributed by atoms with Crippen molar-refractivity contribution >= 4 is 46.6 Å². The second-order valence-corrected chi connectivity index (χ2v) is 10.9. The van der Waals surface area contributed by atoms with Gasteiger partial charge in [0.2, 0.25) is 5.95 Å². The van der Waals surface area contributed by atoms with Gasteiger partial charge in [0.1, 0.15) is 5.02 Å². The highest BCUT2D eigenvalue weighted by molar-refractivity contribution is 6.33. The Labute approximate surface area is 219 Å². The monoisotopic (exact) mass is 523 g/mol. The summed E-state index contributed by atoms with van der Waals surface area (Å²) in [6.45, 7) is 9.67. The largest absolute Gasteiger partial charge is 0.365 e. The number of aromatic nitrogens is 2. The van der Waals surface area contributed by atoms with E-state index in [2.05, 4.69) is 33.6 Å². The maximum Gasteiger partial charge on any atom is 0.227 e. The SMILES string of the molecule is CCl.Cc1nc(N2CC(C3CCCN(C4CC(C)C4)C3)C2)nc(NCc2ccc(Cl)cc2)c1Cl. The molecule has 1 N–H and O–H groups in total. The van der Waals surface area contributed by atoms with Gasteiger partial charge in [-0.2, -0.15) is 4.98 Å². The van der Waals surface area contributed by atoms with E-state index in [4.69, 9.17) is 33.2 Å². The second kappa shape index (κ2) is 11.6. The first kappa shape index (κ1) is 25.8. The predicted molar refractivity (Wildman–Crippen MR) is 145 cm³/mol. The van der Waals surface area contributed by atoms with Gasteiger partial charge in [-0.1, -0.05) is 42.3 Å². The molecule has 0 radical (unpaired) electrons. The van der Waals surface area contributed by atoms with Gasteiger partial charge in [-0.15, -0.1) is 11.6 Å². The molecular weight excluding hydrogens is 489 g/mol. The molecule has 1 aromatic heterocycles. The molecule has 2 aromatic rings. The molecular formula is C26H36Cl3N5. The van der Waals surface area contributed by atoms with Crippen LogP contribution in [0.4, 0.5) is 11.8 Å². The van der Waals surface area contributed by atoms with Gasteiger partial charge in [-0.3, -0.25) is 0 Å². The van der Waals surface area contributed by atoms with Crippen LogP contribution >= 0.6 is 34.8 Å². The molecule has 34 heavy (non-hydrogen) atoms. The van der Waals surface area contributed by atoms with Crippen molar-refractivity contribution in [3.8, 4) is 0 Å². The summed E-state index contributed by atoms with van der Waals surface area (Å²) in [5.41, 5.74) is 1.96. The van der Waals surface area contributed by atoms with Gasteiger partial charge < -0.3 is 15.1 Å². The van der Waals surface area contributed by atoms with Crippen molar-refractivity contribution in [1.82, 2.24) is 14.9 Å². The average Bonchev–Trinajstić information content (AvgIpc) is 2.80. The number of alkyl halides is 1. The quantitative estimate of drug-likeness (QED) is 0.437. The molecule has 186 valence electrons. The summed E-state index contributed by atoms with van der Waals surface area (Å²) in [5.74, 6) is 3.98. The van der Waals surface area contributed by atoms with Gasteiger partial charge in [0.25, 0.3) is 0 Å². The van der Waals surface area contributed by atoms with E-state index in [9.17, 15) is 0 Å². The molecule has 1 atom stereocenters. The lowest BCUT2D eigenvalue weighted by Crippen LogP contribution is -2.56. The number of halogens is 3. The third-order valence-corrected chi connectivity index (χ3v) is 8.30. The van der Waals surface area contributed by atoms with E-state index in [1.165, 1.54) is 45.2 Å². The minimum Gasteiger partial charge on any atom is -0.365 e. The van der Waals surface area contributed by atoms with Gasteiger partial charge in [-0.25, -0.2) is 4.98 Å². The topological polar surface area (TPSA) is 44.3 Å². The number of nitrogens with zero attached hydrogens (tertiary/aromatic N) is 4. The Morgan fingerprint density at radius 1 is 1.00 bits per heavy atom. The zero-order valence-electron chi connectivity index (χ0n) is 20.4. The van der Waals surface area contributed by atoms with Crippen LogP contribution in [0.25, 0.3) is 0 Å². The zero-order valence-corrected chi connectivity index (χ0v) is 22.7. The van der Waals surface area contributed by atoms with Crippen molar-refractivity contribution in [3.63, 3.8) is 0 Å². The van der Waals surface area contributed by atoms with Crippen LogP contribution in [0.15, 0.2) is 24.3 Å². The third-order valence-electron chi connectivity index (χ3n) is 7.59. The summed E-state index contributed by atoms with van der Waals surface area (Å²) in [7, 11) is 0. The van der Waals surface area contributed by atoms with Crippen LogP contribution in [0.5, 0.6) is 0 Å². The Morgan fingerprint density at radius 3 is 2.38 bits per heavy atom. The summed E-state index contributed by atoms with van der Waals surface area (Å²) < 4.78 is 0. The molecule has 0 amide bonds. The minimum atomic E-state index is 0.595. The highest BCUT2D eigenvalue weighted by Gasteiger charge is 2.40. The van der Waals surface area contributed by atoms with Crippen LogP contribution in [0.3, 0.4) is 0 Å². The number of anilines is 2. The number of hydrogen-bond donors (Lipinski definition) is 1. The fraction of sp³-hybridized carbons (Fsp3) is 0.615. The second-order valence-electron chi connectivity index (χ2n) is 10.0. The van der Waals surface area contributed by atoms with E-state index in [1.54, 1.807) is 0 Å². The number of aryl methyl sites for hydroxylation is 1. The molecule has 1 aliphatic carbocycles. The van der Waals surface area contributed by atoms with Crippen molar-refractivity contribution in [1.29, 1.82) is 0 Å². The van der Waals surface area contributed by atoms with Gasteiger partial charge in [0.05, 0.1) is 5.69 Å². The van der Waals surface area contributed by atoms with E-state index in [0.29, 0.717) is 17.4 Å². The van der Waals surface area contributed by atoms with Crippen molar-refractivity contribution < 1.29 is 0 Å². The molecule has 3 aliphatic rings. The van der Waals surface area contributed by atoms with Gasteiger partial charge >= 0.3 is 0 Å². The first-order valence-corrected chi connectivity index (χ1v) is 13.9. The van der Waals surface area contributed by atoms with Crippen molar-refractivity contribution in [2.75, 3.05) is 42.8 Å².